The van der Waals surface area contributed by atoms with E-state index in [1.165, 1.54) is 0 Å². The first-order valence-corrected chi connectivity index (χ1v) is 5.92. The largest absolute Gasteiger partial charge is 0.495 e. The highest BCUT2D eigenvalue weighted by atomic mass is 35.5. The van der Waals surface area contributed by atoms with Gasteiger partial charge in [0.25, 0.3) is 0 Å². The highest BCUT2D eigenvalue weighted by molar-refractivity contribution is 6.32. The second-order valence-corrected chi connectivity index (χ2v) is 4.57. The van der Waals surface area contributed by atoms with Crippen molar-refractivity contribution in [3.63, 3.8) is 0 Å². The molecule has 1 unspecified atom stereocenters. The lowest BCUT2D eigenvalue weighted by Crippen LogP contribution is -2.42. The summed E-state index contributed by atoms with van der Waals surface area (Å²) in [6, 6.07) is 6.15. The van der Waals surface area contributed by atoms with Crippen LogP contribution in [-0.2, 0) is 0 Å². The number of nitrogens with two attached hydrogens (primary N) is 1. The first kappa shape index (κ1) is 11.6. The molecule has 1 aromatic rings. The number of piperidine rings is 1. The van der Waals surface area contributed by atoms with Crippen LogP contribution in [0.5, 0.6) is 5.75 Å². The topological polar surface area (TPSA) is 38.5 Å². The molecular formula is C12H17ClN2O. The predicted molar refractivity (Wildman–Crippen MR) is 67.4 cm³/mol. The van der Waals surface area contributed by atoms with Crippen LogP contribution < -0.4 is 15.4 Å². The van der Waals surface area contributed by atoms with E-state index in [0.717, 1.165) is 31.6 Å². The normalized spacial score (nSPS) is 20.9. The maximum Gasteiger partial charge on any atom is 0.137 e. The Bertz CT molecular complexity index is 370. The van der Waals surface area contributed by atoms with Crippen molar-refractivity contribution in [2.24, 2.45) is 5.73 Å². The van der Waals surface area contributed by atoms with E-state index in [1.807, 2.05) is 18.2 Å². The summed E-state index contributed by atoms with van der Waals surface area (Å²) < 4.78 is 5.13. The number of anilines is 1. The molecule has 4 heteroatoms. The smallest absolute Gasteiger partial charge is 0.137 e. The summed E-state index contributed by atoms with van der Waals surface area (Å²) in [5.41, 5.74) is 7.08. The van der Waals surface area contributed by atoms with E-state index in [-0.39, 0.29) is 6.04 Å². The van der Waals surface area contributed by atoms with Crippen molar-refractivity contribution < 1.29 is 4.74 Å². The molecule has 0 aliphatic carbocycles. The van der Waals surface area contributed by atoms with E-state index < -0.39 is 0 Å². The van der Waals surface area contributed by atoms with E-state index in [0.29, 0.717) is 10.8 Å². The zero-order chi connectivity index (χ0) is 11.5. The number of ether oxygens (including phenoxy) is 1. The molecular weight excluding hydrogens is 224 g/mol. The van der Waals surface area contributed by atoms with Gasteiger partial charge in [0.15, 0.2) is 0 Å². The summed E-state index contributed by atoms with van der Waals surface area (Å²) in [4.78, 5) is 2.28. The molecule has 0 spiro atoms. The standard InChI is InChI=1S/C12H17ClN2O/c1-16-12-5-4-10(7-11(12)13)15-6-2-3-9(14)8-15/h4-5,7,9H,2-3,6,8,14H2,1H3. The molecule has 3 nitrogen and oxygen atoms in total. The molecule has 1 aromatic carbocycles. The van der Waals surface area contributed by atoms with E-state index in [2.05, 4.69) is 4.90 Å². The van der Waals surface area contributed by atoms with Gasteiger partial charge in [-0.2, -0.15) is 0 Å². The molecule has 1 fully saturated rings. The number of halogens is 1. The second-order valence-electron chi connectivity index (χ2n) is 4.17. The van der Waals surface area contributed by atoms with Gasteiger partial charge >= 0.3 is 0 Å². The molecule has 0 radical (unpaired) electrons. The SMILES string of the molecule is COc1ccc(N2CCCC(N)C2)cc1Cl. The quantitative estimate of drug-likeness (QED) is 0.862. The van der Waals surface area contributed by atoms with Crippen LogP contribution in [0.1, 0.15) is 12.8 Å². The first-order valence-electron chi connectivity index (χ1n) is 5.55. The molecule has 0 saturated carbocycles. The molecule has 2 N–H and O–H groups in total. The van der Waals surface area contributed by atoms with Gasteiger partial charge in [-0.1, -0.05) is 11.6 Å². The lowest BCUT2D eigenvalue weighted by Gasteiger charge is -2.32. The third-order valence-corrected chi connectivity index (χ3v) is 3.25. The minimum Gasteiger partial charge on any atom is -0.495 e. The van der Waals surface area contributed by atoms with Crippen LogP contribution in [0.4, 0.5) is 5.69 Å². The Morgan fingerprint density at radius 3 is 2.94 bits per heavy atom. The van der Waals surface area contributed by atoms with Gasteiger partial charge in [-0.25, -0.2) is 0 Å². The summed E-state index contributed by atoms with van der Waals surface area (Å²) in [5, 5.41) is 0.652. The van der Waals surface area contributed by atoms with Crippen LogP contribution in [0.15, 0.2) is 18.2 Å². The van der Waals surface area contributed by atoms with Crippen molar-refractivity contribution in [1.29, 1.82) is 0 Å². The maximum absolute atomic E-state index is 6.10. The molecule has 1 atom stereocenters. The van der Waals surface area contributed by atoms with Crippen molar-refractivity contribution in [3.8, 4) is 5.75 Å². The molecule has 1 saturated heterocycles. The Balaban J connectivity index is 2.17. The van der Waals surface area contributed by atoms with Gasteiger partial charge in [-0.05, 0) is 31.0 Å². The van der Waals surface area contributed by atoms with Crippen LogP contribution in [0.25, 0.3) is 0 Å². The predicted octanol–water partition coefficient (Wildman–Crippen LogP) is 2.28. The molecule has 1 aliphatic heterocycles. The molecule has 88 valence electrons. The molecule has 1 heterocycles. The number of nitrogens with zero attached hydrogens (tertiary/aromatic N) is 1. The first-order chi connectivity index (χ1) is 7.70. The average molecular weight is 241 g/mol. The number of rotatable bonds is 2. The van der Waals surface area contributed by atoms with E-state index in [1.54, 1.807) is 7.11 Å². The zero-order valence-corrected chi connectivity index (χ0v) is 10.2. The van der Waals surface area contributed by atoms with E-state index in [9.17, 15) is 0 Å². The number of methoxy groups -OCH3 is 1. The van der Waals surface area contributed by atoms with Crippen molar-refractivity contribution in [3.05, 3.63) is 23.2 Å². The van der Waals surface area contributed by atoms with Gasteiger partial charge in [0.05, 0.1) is 12.1 Å². The van der Waals surface area contributed by atoms with Crippen molar-refractivity contribution >= 4 is 17.3 Å². The number of hydrogen-bond donors (Lipinski definition) is 1. The minimum atomic E-state index is 0.273. The Hall–Kier alpha value is -0.930. The molecule has 0 aromatic heterocycles. The van der Waals surface area contributed by atoms with Gasteiger partial charge in [0.1, 0.15) is 5.75 Å². The summed E-state index contributed by atoms with van der Waals surface area (Å²) in [7, 11) is 1.62. The molecule has 0 amide bonds. The Morgan fingerprint density at radius 1 is 1.50 bits per heavy atom. The second kappa shape index (κ2) is 4.93. The Morgan fingerprint density at radius 2 is 2.31 bits per heavy atom. The van der Waals surface area contributed by atoms with Gasteiger partial charge in [0, 0.05) is 24.8 Å². The Labute approximate surface area is 101 Å². The summed E-state index contributed by atoms with van der Waals surface area (Å²) >= 11 is 6.10. The van der Waals surface area contributed by atoms with Gasteiger partial charge < -0.3 is 15.4 Å². The monoisotopic (exact) mass is 240 g/mol. The van der Waals surface area contributed by atoms with Crippen molar-refractivity contribution in [1.82, 2.24) is 0 Å². The average Bonchev–Trinajstić information content (AvgIpc) is 2.29. The third kappa shape index (κ3) is 2.42. The van der Waals surface area contributed by atoms with Gasteiger partial charge in [-0.3, -0.25) is 0 Å². The fourth-order valence-electron chi connectivity index (χ4n) is 2.10. The summed E-state index contributed by atoms with van der Waals surface area (Å²) in [6.07, 6.45) is 2.26. The van der Waals surface area contributed by atoms with Crippen LogP contribution in [-0.4, -0.2) is 26.2 Å². The van der Waals surface area contributed by atoms with Crippen molar-refractivity contribution in [2.75, 3.05) is 25.1 Å². The zero-order valence-electron chi connectivity index (χ0n) is 9.45. The lowest BCUT2D eigenvalue weighted by molar-refractivity contribution is 0.415. The highest BCUT2D eigenvalue weighted by Gasteiger charge is 2.17. The van der Waals surface area contributed by atoms with Gasteiger partial charge in [0.2, 0.25) is 0 Å². The fourth-order valence-corrected chi connectivity index (χ4v) is 2.35. The van der Waals surface area contributed by atoms with Crippen LogP contribution in [0.2, 0.25) is 5.02 Å². The van der Waals surface area contributed by atoms with Crippen LogP contribution in [0, 0.1) is 0 Å². The lowest BCUT2D eigenvalue weighted by atomic mass is 10.1. The molecule has 16 heavy (non-hydrogen) atoms. The summed E-state index contributed by atoms with van der Waals surface area (Å²) in [6.45, 7) is 1.96. The van der Waals surface area contributed by atoms with E-state index >= 15 is 0 Å². The van der Waals surface area contributed by atoms with Crippen molar-refractivity contribution in [2.45, 2.75) is 18.9 Å². The molecule has 0 bridgehead atoms. The number of benzene rings is 1. The fraction of sp³-hybridized carbons (Fsp3) is 0.500. The summed E-state index contributed by atoms with van der Waals surface area (Å²) in [5.74, 6) is 0.715. The molecule has 2 rings (SSSR count). The third-order valence-electron chi connectivity index (χ3n) is 2.96. The molecule has 1 aliphatic rings. The maximum atomic E-state index is 6.10. The highest BCUT2D eigenvalue weighted by Crippen LogP contribution is 2.30. The number of hydrogen-bond acceptors (Lipinski definition) is 3. The van der Waals surface area contributed by atoms with Gasteiger partial charge in [-0.15, -0.1) is 0 Å². The Kier molecular flexibility index (Phi) is 3.56. The van der Waals surface area contributed by atoms with Crippen LogP contribution in [0.3, 0.4) is 0 Å². The minimum absolute atomic E-state index is 0.273. The van der Waals surface area contributed by atoms with E-state index in [4.69, 9.17) is 22.1 Å². The van der Waals surface area contributed by atoms with Crippen LogP contribution >= 0.6 is 11.6 Å².